The largest absolute Gasteiger partial charge is 0.493 e. The van der Waals surface area contributed by atoms with Gasteiger partial charge in [0.25, 0.3) is 0 Å². The van der Waals surface area contributed by atoms with Crippen LogP contribution in [0.3, 0.4) is 0 Å². The van der Waals surface area contributed by atoms with E-state index in [9.17, 15) is 0 Å². The lowest BCUT2D eigenvalue weighted by Gasteiger charge is -2.22. The van der Waals surface area contributed by atoms with Gasteiger partial charge in [-0.05, 0) is 81.0 Å². The molecule has 2 aromatic rings. The Morgan fingerprint density at radius 1 is 0.900 bits per heavy atom. The molecule has 1 heterocycles. The molecule has 0 atom stereocenters. The van der Waals surface area contributed by atoms with Crippen LogP contribution in [0.5, 0.6) is 17.4 Å². The molecule has 0 bridgehead atoms. The maximum atomic E-state index is 6.26. The molecule has 2 fully saturated rings. The van der Waals surface area contributed by atoms with Crippen LogP contribution < -0.4 is 14.2 Å². The van der Waals surface area contributed by atoms with E-state index >= 15 is 0 Å². The van der Waals surface area contributed by atoms with Crippen LogP contribution in [0.1, 0.15) is 68.9 Å². The fourth-order valence-electron chi connectivity index (χ4n) is 4.73. The number of hydrogen-bond donors (Lipinski definition) is 0. The van der Waals surface area contributed by atoms with E-state index in [1.54, 1.807) is 7.11 Å². The van der Waals surface area contributed by atoms with E-state index in [4.69, 9.17) is 14.2 Å². The monoisotopic (exact) mass is 409 g/mol. The van der Waals surface area contributed by atoms with Crippen LogP contribution in [0, 0.1) is 5.92 Å². The third kappa shape index (κ3) is 5.68. The standard InChI is InChI=1S/C26H35NO3/c1-28-24-16-14-20(18-25(24)30-23-11-5-6-12-23)13-15-22-10-7-17-27-26(22)29-19-21-8-3-2-4-9-21/h7,10,14,16-18,21,23H,2-6,8-9,11-13,15,19H2,1H3. The van der Waals surface area contributed by atoms with E-state index in [0.717, 1.165) is 49.7 Å². The van der Waals surface area contributed by atoms with Crippen LogP contribution in [-0.2, 0) is 12.8 Å². The summed E-state index contributed by atoms with van der Waals surface area (Å²) in [5.74, 6) is 3.19. The summed E-state index contributed by atoms with van der Waals surface area (Å²) in [6.45, 7) is 0.798. The zero-order valence-electron chi connectivity index (χ0n) is 18.3. The lowest BCUT2D eigenvalue weighted by atomic mass is 9.90. The molecule has 4 rings (SSSR count). The first kappa shape index (κ1) is 21.0. The zero-order chi connectivity index (χ0) is 20.6. The molecule has 0 amide bonds. The van der Waals surface area contributed by atoms with Gasteiger partial charge in [-0.15, -0.1) is 0 Å². The Bertz CT molecular complexity index is 795. The van der Waals surface area contributed by atoms with Crippen molar-refractivity contribution in [3.63, 3.8) is 0 Å². The second-order valence-corrected chi connectivity index (χ2v) is 8.79. The number of methoxy groups -OCH3 is 1. The Labute approximate surface area is 181 Å². The highest BCUT2D eigenvalue weighted by molar-refractivity contribution is 5.43. The summed E-state index contributed by atoms with van der Waals surface area (Å²) in [6, 6.07) is 10.5. The topological polar surface area (TPSA) is 40.6 Å². The number of nitrogens with zero attached hydrogens (tertiary/aromatic N) is 1. The number of aryl methyl sites for hydroxylation is 2. The predicted octanol–water partition coefficient (Wildman–Crippen LogP) is 6.16. The number of rotatable bonds is 9. The maximum Gasteiger partial charge on any atom is 0.216 e. The van der Waals surface area contributed by atoms with Gasteiger partial charge in [-0.1, -0.05) is 31.4 Å². The van der Waals surface area contributed by atoms with E-state index < -0.39 is 0 Å². The average molecular weight is 410 g/mol. The fourth-order valence-corrected chi connectivity index (χ4v) is 4.73. The second kappa shape index (κ2) is 10.7. The van der Waals surface area contributed by atoms with Crippen LogP contribution in [0.15, 0.2) is 36.5 Å². The van der Waals surface area contributed by atoms with Crippen LogP contribution >= 0.6 is 0 Å². The van der Waals surface area contributed by atoms with Crippen molar-refractivity contribution >= 4 is 0 Å². The van der Waals surface area contributed by atoms with Gasteiger partial charge in [-0.3, -0.25) is 0 Å². The molecule has 4 heteroatoms. The minimum Gasteiger partial charge on any atom is -0.493 e. The van der Waals surface area contributed by atoms with Crippen molar-refractivity contribution in [1.82, 2.24) is 4.98 Å². The van der Waals surface area contributed by atoms with Crippen molar-refractivity contribution in [2.75, 3.05) is 13.7 Å². The summed E-state index contributed by atoms with van der Waals surface area (Å²) in [6.07, 6.45) is 15.4. The summed E-state index contributed by atoms with van der Waals surface area (Å²) >= 11 is 0. The molecule has 0 radical (unpaired) electrons. The van der Waals surface area contributed by atoms with Gasteiger partial charge in [0.1, 0.15) is 0 Å². The summed E-state index contributed by atoms with van der Waals surface area (Å²) in [5.41, 5.74) is 2.44. The van der Waals surface area contributed by atoms with Crippen molar-refractivity contribution in [2.24, 2.45) is 5.92 Å². The quantitative estimate of drug-likeness (QED) is 0.498. The number of aromatic nitrogens is 1. The fraction of sp³-hybridized carbons (Fsp3) is 0.577. The molecule has 0 N–H and O–H groups in total. The Kier molecular flexibility index (Phi) is 7.49. The third-order valence-electron chi connectivity index (χ3n) is 6.54. The summed E-state index contributed by atoms with van der Waals surface area (Å²) in [7, 11) is 1.71. The molecule has 2 aliphatic carbocycles. The normalized spacial score (nSPS) is 17.8. The molecule has 0 spiro atoms. The zero-order valence-corrected chi connectivity index (χ0v) is 18.3. The molecular weight excluding hydrogens is 374 g/mol. The lowest BCUT2D eigenvalue weighted by molar-refractivity contribution is 0.200. The van der Waals surface area contributed by atoms with Crippen molar-refractivity contribution in [3.8, 4) is 17.4 Å². The number of pyridine rings is 1. The van der Waals surface area contributed by atoms with E-state index in [1.807, 2.05) is 18.3 Å². The van der Waals surface area contributed by atoms with Gasteiger partial charge >= 0.3 is 0 Å². The Morgan fingerprint density at radius 3 is 2.50 bits per heavy atom. The average Bonchev–Trinajstić information content (AvgIpc) is 3.31. The van der Waals surface area contributed by atoms with Crippen molar-refractivity contribution in [3.05, 3.63) is 47.7 Å². The SMILES string of the molecule is COc1ccc(CCc2cccnc2OCC2CCCCC2)cc1OC1CCCC1. The number of ether oxygens (including phenoxy) is 3. The third-order valence-corrected chi connectivity index (χ3v) is 6.54. The van der Waals surface area contributed by atoms with Crippen LogP contribution in [0.2, 0.25) is 0 Å². The first-order valence-electron chi connectivity index (χ1n) is 11.7. The van der Waals surface area contributed by atoms with Crippen molar-refractivity contribution in [2.45, 2.75) is 76.7 Å². The van der Waals surface area contributed by atoms with Crippen molar-refractivity contribution in [1.29, 1.82) is 0 Å². The van der Waals surface area contributed by atoms with E-state index in [0.29, 0.717) is 12.0 Å². The number of hydrogen-bond acceptors (Lipinski definition) is 4. The lowest BCUT2D eigenvalue weighted by Crippen LogP contribution is -2.16. The first-order valence-corrected chi connectivity index (χ1v) is 11.7. The van der Waals surface area contributed by atoms with Crippen LogP contribution in [0.25, 0.3) is 0 Å². The van der Waals surface area contributed by atoms with Gasteiger partial charge in [0, 0.05) is 11.8 Å². The Morgan fingerprint density at radius 2 is 1.70 bits per heavy atom. The summed E-state index contributed by atoms with van der Waals surface area (Å²) in [5, 5.41) is 0. The Balaban J connectivity index is 1.38. The van der Waals surface area contributed by atoms with Gasteiger partial charge in [-0.2, -0.15) is 0 Å². The van der Waals surface area contributed by atoms with E-state index in [2.05, 4.69) is 23.2 Å². The highest BCUT2D eigenvalue weighted by Gasteiger charge is 2.19. The molecule has 0 aliphatic heterocycles. The van der Waals surface area contributed by atoms with Gasteiger partial charge in [0.05, 0.1) is 19.8 Å². The highest BCUT2D eigenvalue weighted by atomic mass is 16.5. The Hall–Kier alpha value is -2.23. The van der Waals surface area contributed by atoms with E-state index in [-0.39, 0.29) is 0 Å². The van der Waals surface area contributed by atoms with Gasteiger partial charge < -0.3 is 14.2 Å². The molecule has 4 nitrogen and oxygen atoms in total. The molecule has 1 aromatic carbocycles. The second-order valence-electron chi connectivity index (χ2n) is 8.79. The first-order chi connectivity index (χ1) is 14.8. The van der Waals surface area contributed by atoms with Gasteiger partial charge in [0.15, 0.2) is 11.5 Å². The summed E-state index contributed by atoms with van der Waals surface area (Å²) < 4.78 is 17.9. The predicted molar refractivity (Wildman–Crippen MR) is 120 cm³/mol. The van der Waals surface area contributed by atoms with Crippen LogP contribution in [0.4, 0.5) is 0 Å². The minimum absolute atomic E-state index is 0.326. The molecule has 0 saturated heterocycles. The minimum atomic E-state index is 0.326. The molecule has 162 valence electrons. The highest BCUT2D eigenvalue weighted by Crippen LogP contribution is 2.33. The molecule has 30 heavy (non-hydrogen) atoms. The van der Waals surface area contributed by atoms with E-state index in [1.165, 1.54) is 56.1 Å². The van der Waals surface area contributed by atoms with Gasteiger partial charge in [0.2, 0.25) is 5.88 Å². The number of benzene rings is 1. The van der Waals surface area contributed by atoms with Crippen molar-refractivity contribution < 1.29 is 14.2 Å². The van der Waals surface area contributed by atoms with Crippen LogP contribution in [-0.4, -0.2) is 24.8 Å². The molecule has 1 aromatic heterocycles. The molecule has 2 aliphatic rings. The maximum absolute atomic E-state index is 6.26. The van der Waals surface area contributed by atoms with Gasteiger partial charge in [-0.25, -0.2) is 4.98 Å². The molecule has 0 unspecified atom stereocenters. The smallest absolute Gasteiger partial charge is 0.216 e. The molecular formula is C26H35NO3. The summed E-state index contributed by atoms with van der Waals surface area (Å²) in [4.78, 5) is 4.52. The molecule has 2 saturated carbocycles.